The molecule has 1 aliphatic heterocycles. The summed E-state index contributed by atoms with van der Waals surface area (Å²) < 4.78 is 40.5. The molecule has 0 saturated carbocycles. The number of nitrogens with one attached hydrogen (secondary N) is 1. The third-order valence-corrected chi connectivity index (χ3v) is 3.32. The Kier molecular flexibility index (Phi) is 6.00. The van der Waals surface area contributed by atoms with Gasteiger partial charge in [-0.25, -0.2) is 0 Å². The van der Waals surface area contributed by atoms with Crippen molar-refractivity contribution in [2.75, 3.05) is 19.8 Å². The number of rotatable bonds is 6. The first kappa shape index (κ1) is 17.7. The van der Waals surface area contributed by atoms with E-state index in [0.717, 1.165) is 0 Å². The van der Waals surface area contributed by atoms with Gasteiger partial charge in [-0.15, -0.1) is 0 Å². The Morgan fingerprint density at radius 3 is 2.43 bits per heavy atom. The molecule has 0 aromatic heterocycles. The van der Waals surface area contributed by atoms with Crippen LogP contribution in [0, 0.1) is 5.92 Å². The maximum Gasteiger partial charge on any atom is 0.411 e. The largest absolute Gasteiger partial charge is 0.411 e. The molecule has 0 aliphatic carbocycles. The molecule has 0 spiro atoms. The smallest absolute Gasteiger partial charge is 0.370 e. The first-order chi connectivity index (χ1) is 9.67. The monoisotopic (exact) mass is 310 g/mol. The molecular weight excluding hydrogens is 289 g/mol. The van der Waals surface area contributed by atoms with Crippen LogP contribution < -0.4 is 5.32 Å². The predicted molar refractivity (Wildman–Crippen MR) is 69.4 cm³/mol. The highest BCUT2D eigenvalue weighted by molar-refractivity contribution is 5.97. The standard InChI is InChI=1S/C13H21F3N2O3/c1-4-9-11(19)17-10(8(2)3)12(20)18(9)5-6-21-7-13(14,15)16/h8-10H,4-7H2,1-3H3,(H,17,19). The van der Waals surface area contributed by atoms with Crippen LogP contribution in [0.2, 0.25) is 0 Å². The van der Waals surface area contributed by atoms with Gasteiger partial charge in [0.15, 0.2) is 0 Å². The number of halogens is 3. The average Bonchev–Trinajstić information content (AvgIpc) is 2.36. The molecule has 0 bridgehead atoms. The quantitative estimate of drug-likeness (QED) is 0.753. The Balaban J connectivity index is 2.65. The lowest BCUT2D eigenvalue weighted by molar-refractivity contribution is -0.176. The van der Waals surface area contributed by atoms with Crippen LogP contribution in [0.25, 0.3) is 0 Å². The van der Waals surface area contributed by atoms with Gasteiger partial charge in [-0.3, -0.25) is 9.59 Å². The number of nitrogens with zero attached hydrogens (tertiary/aromatic N) is 1. The highest BCUT2D eigenvalue weighted by Gasteiger charge is 2.40. The number of alkyl halides is 3. The minimum Gasteiger partial charge on any atom is -0.370 e. The van der Waals surface area contributed by atoms with E-state index in [9.17, 15) is 22.8 Å². The summed E-state index contributed by atoms with van der Waals surface area (Å²) in [6.07, 6.45) is -3.99. The maximum absolute atomic E-state index is 12.3. The highest BCUT2D eigenvalue weighted by Crippen LogP contribution is 2.18. The second kappa shape index (κ2) is 7.11. The lowest BCUT2D eigenvalue weighted by atomic mass is 9.97. The first-order valence-corrected chi connectivity index (χ1v) is 6.92. The van der Waals surface area contributed by atoms with Gasteiger partial charge in [0.2, 0.25) is 11.8 Å². The van der Waals surface area contributed by atoms with Crippen molar-refractivity contribution in [3.05, 3.63) is 0 Å². The van der Waals surface area contributed by atoms with Crippen LogP contribution in [0.5, 0.6) is 0 Å². The van der Waals surface area contributed by atoms with Gasteiger partial charge in [0.1, 0.15) is 18.7 Å². The lowest BCUT2D eigenvalue weighted by Gasteiger charge is -2.40. The van der Waals surface area contributed by atoms with Crippen LogP contribution in [-0.4, -0.2) is 54.7 Å². The summed E-state index contributed by atoms with van der Waals surface area (Å²) in [5, 5.41) is 2.66. The topological polar surface area (TPSA) is 58.6 Å². The van der Waals surface area contributed by atoms with Gasteiger partial charge in [-0.2, -0.15) is 13.2 Å². The Morgan fingerprint density at radius 1 is 1.33 bits per heavy atom. The Bertz CT molecular complexity index is 385. The fraction of sp³-hybridized carbons (Fsp3) is 0.846. The van der Waals surface area contributed by atoms with E-state index in [4.69, 9.17) is 0 Å². The minimum absolute atomic E-state index is 0.0237. The molecule has 0 aromatic carbocycles. The summed E-state index contributed by atoms with van der Waals surface area (Å²) in [5.74, 6) is -0.628. The Labute approximate surface area is 121 Å². The second-order valence-corrected chi connectivity index (χ2v) is 5.35. The van der Waals surface area contributed by atoms with Crippen LogP contribution in [0.4, 0.5) is 13.2 Å². The number of hydrogen-bond donors (Lipinski definition) is 1. The van der Waals surface area contributed by atoms with Crippen molar-refractivity contribution in [3.63, 3.8) is 0 Å². The summed E-state index contributed by atoms with van der Waals surface area (Å²) in [7, 11) is 0. The van der Waals surface area contributed by atoms with E-state index < -0.39 is 24.9 Å². The van der Waals surface area contributed by atoms with E-state index in [1.165, 1.54) is 4.90 Å². The van der Waals surface area contributed by atoms with Crippen LogP contribution >= 0.6 is 0 Å². The van der Waals surface area contributed by atoms with Gasteiger partial charge >= 0.3 is 6.18 Å². The van der Waals surface area contributed by atoms with Crippen molar-refractivity contribution < 1.29 is 27.5 Å². The van der Waals surface area contributed by atoms with Crippen molar-refractivity contribution in [1.29, 1.82) is 0 Å². The molecule has 8 heteroatoms. The van der Waals surface area contributed by atoms with Crippen molar-refractivity contribution in [3.8, 4) is 0 Å². The second-order valence-electron chi connectivity index (χ2n) is 5.35. The van der Waals surface area contributed by atoms with Crippen molar-refractivity contribution in [2.45, 2.75) is 45.5 Å². The summed E-state index contributed by atoms with van der Waals surface area (Å²) in [6.45, 7) is 3.72. The van der Waals surface area contributed by atoms with Crippen LogP contribution in [0.15, 0.2) is 0 Å². The Hall–Kier alpha value is -1.31. The van der Waals surface area contributed by atoms with Gasteiger partial charge in [-0.1, -0.05) is 20.8 Å². The SMILES string of the molecule is CCC1C(=O)NC(C(C)C)C(=O)N1CCOCC(F)(F)F. The van der Waals surface area contributed by atoms with Crippen LogP contribution in [0.3, 0.4) is 0 Å². The molecular formula is C13H21F3N2O3. The molecule has 0 aromatic rings. The lowest BCUT2D eigenvalue weighted by Crippen LogP contribution is -2.65. The zero-order chi connectivity index (χ0) is 16.2. The molecule has 1 rings (SSSR count). The third-order valence-electron chi connectivity index (χ3n) is 3.32. The van der Waals surface area contributed by atoms with Crippen molar-refractivity contribution in [1.82, 2.24) is 10.2 Å². The van der Waals surface area contributed by atoms with Crippen LogP contribution in [0.1, 0.15) is 27.2 Å². The Morgan fingerprint density at radius 2 is 1.95 bits per heavy atom. The molecule has 0 radical (unpaired) electrons. The van der Waals surface area contributed by atoms with E-state index in [1.807, 2.05) is 0 Å². The highest BCUT2D eigenvalue weighted by atomic mass is 19.4. The van der Waals surface area contributed by atoms with E-state index in [-0.39, 0.29) is 30.9 Å². The molecule has 2 atom stereocenters. The summed E-state index contributed by atoms with van der Waals surface area (Å²) in [6, 6.07) is -1.29. The molecule has 1 saturated heterocycles. The minimum atomic E-state index is -4.39. The molecule has 5 nitrogen and oxygen atoms in total. The fourth-order valence-electron chi connectivity index (χ4n) is 2.26. The molecule has 1 heterocycles. The van der Waals surface area contributed by atoms with Crippen LogP contribution in [-0.2, 0) is 14.3 Å². The molecule has 21 heavy (non-hydrogen) atoms. The number of carbonyl (C=O) groups is 2. The number of hydrogen-bond acceptors (Lipinski definition) is 3. The van der Waals surface area contributed by atoms with Gasteiger partial charge in [0, 0.05) is 6.54 Å². The normalized spacial score (nSPS) is 23.7. The summed E-state index contributed by atoms with van der Waals surface area (Å²) in [5.41, 5.74) is 0. The third kappa shape index (κ3) is 4.87. The van der Waals surface area contributed by atoms with Gasteiger partial charge in [-0.05, 0) is 12.3 Å². The summed E-state index contributed by atoms with van der Waals surface area (Å²) >= 11 is 0. The van der Waals surface area contributed by atoms with E-state index in [0.29, 0.717) is 6.42 Å². The van der Waals surface area contributed by atoms with E-state index >= 15 is 0 Å². The van der Waals surface area contributed by atoms with E-state index in [2.05, 4.69) is 10.1 Å². The maximum atomic E-state index is 12.3. The molecule has 2 amide bonds. The van der Waals surface area contributed by atoms with Crippen molar-refractivity contribution in [2.24, 2.45) is 5.92 Å². The number of carbonyl (C=O) groups excluding carboxylic acids is 2. The van der Waals surface area contributed by atoms with Gasteiger partial charge in [0.05, 0.1) is 6.61 Å². The van der Waals surface area contributed by atoms with E-state index in [1.54, 1.807) is 20.8 Å². The molecule has 122 valence electrons. The molecule has 1 aliphatic rings. The number of amides is 2. The van der Waals surface area contributed by atoms with Gasteiger partial charge in [0.25, 0.3) is 0 Å². The zero-order valence-corrected chi connectivity index (χ0v) is 12.4. The number of ether oxygens (including phenoxy) is 1. The summed E-state index contributed by atoms with van der Waals surface area (Å²) in [4.78, 5) is 25.6. The fourth-order valence-corrected chi connectivity index (χ4v) is 2.26. The predicted octanol–water partition coefficient (Wildman–Crippen LogP) is 1.33. The first-order valence-electron chi connectivity index (χ1n) is 6.92. The molecule has 1 fully saturated rings. The number of piperazine rings is 1. The zero-order valence-electron chi connectivity index (χ0n) is 12.4. The van der Waals surface area contributed by atoms with Gasteiger partial charge < -0.3 is 15.0 Å². The van der Waals surface area contributed by atoms with Crippen molar-refractivity contribution >= 4 is 11.8 Å². The average molecular weight is 310 g/mol. The molecule has 1 N–H and O–H groups in total. The molecule has 2 unspecified atom stereocenters.